The molecule has 0 aliphatic carbocycles. The van der Waals surface area contributed by atoms with Crippen molar-refractivity contribution in [1.29, 1.82) is 0 Å². The monoisotopic (exact) mass is 361 g/mol. The van der Waals surface area contributed by atoms with Crippen LogP contribution in [0.25, 0.3) is 0 Å². The zero-order chi connectivity index (χ0) is 18.2. The smallest absolute Gasteiger partial charge is 0.340 e. The molecule has 0 heterocycles. The molecule has 0 fully saturated rings. The number of hydrogen-bond acceptors (Lipinski definition) is 4. The number of nitrogens with one attached hydrogen (secondary N) is 1. The lowest BCUT2D eigenvalue weighted by molar-refractivity contribution is 0.0602. The summed E-state index contributed by atoms with van der Waals surface area (Å²) >= 11 is 6.19. The van der Waals surface area contributed by atoms with Crippen molar-refractivity contribution in [3.05, 3.63) is 58.1 Å². The highest BCUT2D eigenvalue weighted by Gasteiger charge is 2.13. The summed E-state index contributed by atoms with van der Waals surface area (Å²) in [5, 5.41) is 3.74. The molecule has 0 aliphatic heterocycles. The van der Waals surface area contributed by atoms with Gasteiger partial charge in [0.15, 0.2) is 0 Å². The van der Waals surface area contributed by atoms with Gasteiger partial charge in [-0.2, -0.15) is 0 Å². The third-order valence-corrected chi connectivity index (χ3v) is 4.21. The number of rotatable bonds is 8. The van der Waals surface area contributed by atoms with E-state index in [0.717, 1.165) is 24.2 Å². The van der Waals surface area contributed by atoms with E-state index in [9.17, 15) is 4.79 Å². The number of esters is 1. The quantitative estimate of drug-likeness (QED) is 0.530. The number of methoxy groups -OCH3 is 1. The molecule has 0 atom stereocenters. The van der Waals surface area contributed by atoms with Gasteiger partial charge in [-0.25, -0.2) is 4.79 Å². The van der Waals surface area contributed by atoms with E-state index in [1.807, 2.05) is 6.92 Å². The van der Waals surface area contributed by atoms with Crippen LogP contribution in [0.4, 0.5) is 5.69 Å². The summed E-state index contributed by atoms with van der Waals surface area (Å²) < 4.78 is 10.6. The van der Waals surface area contributed by atoms with E-state index < -0.39 is 5.97 Å². The fraction of sp³-hybridized carbons (Fsp3) is 0.350. The van der Waals surface area contributed by atoms with E-state index in [4.69, 9.17) is 21.1 Å². The van der Waals surface area contributed by atoms with Crippen LogP contribution in [0, 0.1) is 13.8 Å². The molecule has 1 N–H and O–H groups in total. The van der Waals surface area contributed by atoms with Crippen molar-refractivity contribution in [3.63, 3.8) is 0 Å². The standard InChI is InChI=1S/C20H24ClNO3/c1-14-9-10-15(2)18(13-14)25-12-5-4-11-22-19-16(20(23)24-3)7-6-8-17(19)21/h6-10,13,22H,4-5,11-12H2,1-3H3. The van der Waals surface area contributed by atoms with Gasteiger partial charge < -0.3 is 14.8 Å². The molecular formula is C20H24ClNO3. The molecule has 2 rings (SSSR count). The molecule has 25 heavy (non-hydrogen) atoms. The number of hydrogen-bond donors (Lipinski definition) is 1. The predicted octanol–water partition coefficient (Wildman–Crippen LogP) is 5.01. The molecule has 2 aromatic carbocycles. The van der Waals surface area contributed by atoms with Gasteiger partial charge in [0.25, 0.3) is 0 Å². The van der Waals surface area contributed by atoms with Crippen molar-refractivity contribution in [3.8, 4) is 5.75 Å². The molecule has 0 radical (unpaired) electrons. The van der Waals surface area contributed by atoms with E-state index in [1.54, 1.807) is 18.2 Å². The molecule has 4 nitrogen and oxygen atoms in total. The predicted molar refractivity (Wildman–Crippen MR) is 102 cm³/mol. The van der Waals surface area contributed by atoms with E-state index >= 15 is 0 Å². The Morgan fingerprint density at radius 1 is 1.16 bits per heavy atom. The molecule has 0 unspecified atom stereocenters. The van der Waals surface area contributed by atoms with Crippen molar-refractivity contribution in [2.75, 3.05) is 25.6 Å². The van der Waals surface area contributed by atoms with Crippen molar-refractivity contribution >= 4 is 23.3 Å². The summed E-state index contributed by atoms with van der Waals surface area (Å²) in [6.45, 7) is 5.45. The van der Waals surface area contributed by atoms with Gasteiger partial charge in [0.1, 0.15) is 5.75 Å². The van der Waals surface area contributed by atoms with Crippen LogP contribution in [0.2, 0.25) is 5.02 Å². The number of para-hydroxylation sites is 1. The first-order valence-electron chi connectivity index (χ1n) is 8.33. The molecule has 0 bridgehead atoms. The molecule has 0 saturated heterocycles. The highest BCUT2D eigenvalue weighted by molar-refractivity contribution is 6.34. The van der Waals surface area contributed by atoms with Crippen LogP contribution in [-0.2, 0) is 4.74 Å². The normalized spacial score (nSPS) is 10.4. The van der Waals surface area contributed by atoms with Crippen LogP contribution in [0.5, 0.6) is 5.75 Å². The van der Waals surface area contributed by atoms with Gasteiger partial charge in [0.2, 0.25) is 0 Å². The lowest BCUT2D eigenvalue weighted by Gasteiger charge is -2.13. The Morgan fingerprint density at radius 2 is 1.96 bits per heavy atom. The second-order valence-corrected chi connectivity index (χ2v) is 6.31. The highest BCUT2D eigenvalue weighted by Crippen LogP contribution is 2.26. The van der Waals surface area contributed by atoms with Gasteiger partial charge >= 0.3 is 5.97 Å². The summed E-state index contributed by atoms with van der Waals surface area (Å²) in [6, 6.07) is 11.4. The molecule has 134 valence electrons. The first-order chi connectivity index (χ1) is 12.0. The van der Waals surface area contributed by atoms with E-state index in [-0.39, 0.29) is 0 Å². The molecule has 2 aromatic rings. The largest absolute Gasteiger partial charge is 0.493 e. The summed E-state index contributed by atoms with van der Waals surface area (Å²) in [7, 11) is 1.36. The zero-order valence-corrected chi connectivity index (χ0v) is 15.7. The first kappa shape index (κ1) is 19.1. The Bertz CT molecular complexity index is 731. The van der Waals surface area contributed by atoms with Crippen LogP contribution in [0.3, 0.4) is 0 Å². The second kappa shape index (κ2) is 9.33. The molecule has 0 saturated carbocycles. The average molecular weight is 362 g/mol. The number of carbonyl (C=O) groups is 1. The van der Waals surface area contributed by atoms with E-state index in [2.05, 4.69) is 30.4 Å². The Hall–Kier alpha value is -2.20. The Labute approximate surface area is 154 Å². The third kappa shape index (κ3) is 5.40. The number of halogens is 1. The molecular weight excluding hydrogens is 338 g/mol. The highest BCUT2D eigenvalue weighted by atomic mass is 35.5. The fourth-order valence-electron chi connectivity index (χ4n) is 2.47. The van der Waals surface area contributed by atoms with Crippen molar-refractivity contribution in [1.82, 2.24) is 0 Å². The third-order valence-electron chi connectivity index (χ3n) is 3.89. The lowest BCUT2D eigenvalue weighted by Crippen LogP contribution is -2.10. The maximum Gasteiger partial charge on any atom is 0.340 e. The summed E-state index contributed by atoms with van der Waals surface area (Å²) in [6.07, 6.45) is 1.80. The second-order valence-electron chi connectivity index (χ2n) is 5.91. The van der Waals surface area contributed by atoms with Crippen molar-refractivity contribution in [2.45, 2.75) is 26.7 Å². The summed E-state index contributed by atoms with van der Waals surface area (Å²) in [5.74, 6) is 0.537. The minimum Gasteiger partial charge on any atom is -0.493 e. The molecule has 0 aromatic heterocycles. The number of ether oxygens (including phenoxy) is 2. The van der Waals surface area contributed by atoms with Gasteiger partial charge in [-0.3, -0.25) is 0 Å². The Morgan fingerprint density at radius 3 is 2.72 bits per heavy atom. The van der Waals surface area contributed by atoms with Crippen molar-refractivity contribution < 1.29 is 14.3 Å². The molecule has 0 spiro atoms. The van der Waals surface area contributed by atoms with Crippen LogP contribution in [0.15, 0.2) is 36.4 Å². The van der Waals surface area contributed by atoms with Crippen LogP contribution < -0.4 is 10.1 Å². The number of anilines is 1. The lowest BCUT2D eigenvalue weighted by atomic mass is 10.1. The SMILES string of the molecule is COC(=O)c1cccc(Cl)c1NCCCCOc1cc(C)ccc1C. The van der Waals surface area contributed by atoms with Crippen LogP contribution in [0.1, 0.15) is 34.3 Å². The Balaban J connectivity index is 1.80. The average Bonchev–Trinajstić information content (AvgIpc) is 2.61. The van der Waals surface area contributed by atoms with Gasteiger partial charge in [-0.05, 0) is 56.0 Å². The number of unbranched alkanes of at least 4 members (excludes halogenated alkanes) is 1. The van der Waals surface area contributed by atoms with Crippen LogP contribution >= 0.6 is 11.6 Å². The summed E-state index contributed by atoms with van der Waals surface area (Å²) in [4.78, 5) is 11.8. The molecule has 5 heteroatoms. The zero-order valence-electron chi connectivity index (χ0n) is 14.9. The maximum atomic E-state index is 11.8. The molecule has 0 aliphatic rings. The van der Waals surface area contributed by atoms with Gasteiger partial charge in [0, 0.05) is 6.54 Å². The van der Waals surface area contributed by atoms with Crippen molar-refractivity contribution in [2.24, 2.45) is 0 Å². The number of aryl methyl sites for hydroxylation is 2. The Kier molecular flexibility index (Phi) is 7.14. The molecule has 0 amide bonds. The van der Waals surface area contributed by atoms with Gasteiger partial charge in [0.05, 0.1) is 30.0 Å². The van der Waals surface area contributed by atoms with Crippen LogP contribution in [-0.4, -0.2) is 26.2 Å². The number of benzene rings is 2. The fourth-order valence-corrected chi connectivity index (χ4v) is 2.71. The summed E-state index contributed by atoms with van der Waals surface area (Å²) in [5.41, 5.74) is 3.40. The van der Waals surface area contributed by atoms with E-state index in [0.29, 0.717) is 29.4 Å². The van der Waals surface area contributed by atoms with E-state index in [1.165, 1.54) is 12.7 Å². The maximum absolute atomic E-state index is 11.8. The topological polar surface area (TPSA) is 47.6 Å². The minimum atomic E-state index is -0.400. The first-order valence-corrected chi connectivity index (χ1v) is 8.71. The van der Waals surface area contributed by atoms with Gasteiger partial charge in [-0.1, -0.05) is 29.8 Å². The minimum absolute atomic E-state index is 0.400. The van der Waals surface area contributed by atoms with Gasteiger partial charge in [-0.15, -0.1) is 0 Å². The number of carbonyl (C=O) groups excluding carboxylic acids is 1.